The van der Waals surface area contributed by atoms with Gasteiger partial charge in [-0.3, -0.25) is 0 Å². The van der Waals surface area contributed by atoms with E-state index >= 15 is 0 Å². The lowest BCUT2D eigenvalue weighted by Crippen LogP contribution is -2.39. The van der Waals surface area contributed by atoms with Crippen molar-refractivity contribution in [2.24, 2.45) is 11.8 Å². The maximum atomic E-state index is 3.59. The van der Waals surface area contributed by atoms with Crippen molar-refractivity contribution in [1.82, 2.24) is 5.32 Å². The minimum Gasteiger partial charge on any atom is -0.309 e. The van der Waals surface area contributed by atoms with Gasteiger partial charge in [0.05, 0.1) is 0 Å². The monoisotopic (exact) mass is 141 g/mol. The lowest BCUT2D eigenvalue weighted by molar-refractivity contribution is 0.322. The van der Waals surface area contributed by atoms with E-state index in [2.05, 4.69) is 39.9 Å². The average molecular weight is 141 g/mol. The van der Waals surface area contributed by atoms with Gasteiger partial charge in [-0.2, -0.15) is 0 Å². The molecule has 1 saturated heterocycles. The maximum Gasteiger partial charge on any atom is 0.0156 e. The molecule has 0 saturated carbocycles. The van der Waals surface area contributed by atoms with Gasteiger partial charge in [-0.25, -0.2) is 0 Å². The largest absolute Gasteiger partial charge is 0.309 e. The molecule has 10 heavy (non-hydrogen) atoms. The van der Waals surface area contributed by atoms with Crippen molar-refractivity contribution in [2.45, 2.75) is 46.2 Å². The summed E-state index contributed by atoms with van der Waals surface area (Å²) in [6.07, 6.45) is 0. The van der Waals surface area contributed by atoms with Crippen LogP contribution in [-0.2, 0) is 0 Å². The highest BCUT2D eigenvalue weighted by atomic mass is 15.0. The first-order valence-corrected chi connectivity index (χ1v) is 4.23. The Labute approximate surface area is 64.2 Å². The number of hydrogen-bond acceptors (Lipinski definition) is 1. The summed E-state index contributed by atoms with van der Waals surface area (Å²) in [5, 5.41) is 3.59. The van der Waals surface area contributed by atoms with Crippen LogP contribution in [0, 0.1) is 11.8 Å². The predicted molar refractivity (Wildman–Crippen MR) is 45.0 cm³/mol. The maximum absolute atomic E-state index is 3.59. The summed E-state index contributed by atoms with van der Waals surface area (Å²) in [6.45, 7) is 11.5. The van der Waals surface area contributed by atoms with Gasteiger partial charge in [0.25, 0.3) is 0 Å². The van der Waals surface area contributed by atoms with Crippen molar-refractivity contribution in [3.63, 3.8) is 0 Å². The van der Waals surface area contributed by atoms with Crippen LogP contribution in [0.15, 0.2) is 0 Å². The van der Waals surface area contributed by atoms with Gasteiger partial charge < -0.3 is 5.32 Å². The summed E-state index contributed by atoms with van der Waals surface area (Å²) >= 11 is 0. The fourth-order valence-corrected chi connectivity index (χ4v) is 1.94. The number of rotatable bonds is 0. The highest BCUT2D eigenvalue weighted by Crippen LogP contribution is 2.33. The highest BCUT2D eigenvalue weighted by molar-refractivity contribution is 4.97. The van der Waals surface area contributed by atoms with Crippen molar-refractivity contribution < 1.29 is 0 Å². The molecule has 1 heterocycles. The SMILES string of the molecule is CC1NC(C)(C)C(C)C1C. The molecule has 1 rings (SSSR count). The van der Waals surface area contributed by atoms with Gasteiger partial charge in [-0.15, -0.1) is 0 Å². The quantitative estimate of drug-likeness (QED) is 0.544. The average Bonchev–Trinajstić information content (AvgIpc) is 1.95. The summed E-state index contributed by atoms with van der Waals surface area (Å²) in [5.41, 5.74) is 0.346. The summed E-state index contributed by atoms with van der Waals surface area (Å²) < 4.78 is 0. The summed E-state index contributed by atoms with van der Waals surface area (Å²) in [4.78, 5) is 0. The van der Waals surface area contributed by atoms with E-state index in [4.69, 9.17) is 0 Å². The molecule has 3 atom stereocenters. The second-order valence-electron chi connectivity index (χ2n) is 4.30. The fraction of sp³-hybridized carbons (Fsp3) is 1.00. The molecule has 0 amide bonds. The lowest BCUT2D eigenvalue weighted by atomic mass is 9.84. The van der Waals surface area contributed by atoms with Gasteiger partial charge in [0.15, 0.2) is 0 Å². The first-order valence-electron chi connectivity index (χ1n) is 4.23. The van der Waals surface area contributed by atoms with Gasteiger partial charge in [-0.1, -0.05) is 13.8 Å². The molecule has 1 nitrogen and oxygen atoms in total. The molecule has 0 spiro atoms. The van der Waals surface area contributed by atoms with E-state index < -0.39 is 0 Å². The zero-order valence-electron chi connectivity index (χ0n) is 7.73. The van der Waals surface area contributed by atoms with Crippen LogP contribution in [0.25, 0.3) is 0 Å². The normalized spacial score (nSPS) is 45.9. The van der Waals surface area contributed by atoms with Crippen LogP contribution in [0.4, 0.5) is 0 Å². The predicted octanol–water partition coefficient (Wildman–Crippen LogP) is 2.03. The minimum absolute atomic E-state index is 0.346. The Balaban J connectivity index is 2.71. The second-order valence-corrected chi connectivity index (χ2v) is 4.30. The third-order valence-corrected chi connectivity index (χ3v) is 3.32. The van der Waals surface area contributed by atoms with Crippen molar-refractivity contribution >= 4 is 0 Å². The smallest absolute Gasteiger partial charge is 0.0156 e. The van der Waals surface area contributed by atoms with E-state index in [1.807, 2.05) is 0 Å². The molecule has 1 heteroatoms. The number of hydrogen-bond donors (Lipinski definition) is 1. The summed E-state index contributed by atoms with van der Waals surface area (Å²) in [6, 6.07) is 0.685. The Kier molecular flexibility index (Phi) is 1.80. The molecule has 0 aromatic rings. The van der Waals surface area contributed by atoms with E-state index in [9.17, 15) is 0 Å². The topological polar surface area (TPSA) is 12.0 Å². The van der Waals surface area contributed by atoms with Gasteiger partial charge in [0.1, 0.15) is 0 Å². The third kappa shape index (κ3) is 1.07. The van der Waals surface area contributed by atoms with Gasteiger partial charge in [-0.05, 0) is 32.6 Å². The third-order valence-electron chi connectivity index (χ3n) is 3.32. The Bertz CT molecular complexity index is 129. The van der Waals surface area contributed by atoms with Crippen LogP contribution < -0.4 is 5.32 Å². The summed E-state index contributed by atoms with van der Waals surface area (Å²) in [7, 11) is 0. The Morgan fingerprint density at radius 1 is 1.10 bits per heavy atom. The van der Waals surface area contributed by atoms with E-state index in [1.54, 1.807) is 0 Å². The van der Waals surface area contributed by atoms with Crippen LogP contribution in [-0.4, -0.2) is 11.6 Å². The fourth-order valence-electron chi connectivity index (χ4n) is 1.94. The molecular formula is C9H19N. The molecule has 60 valence electrons. The van der Waals surface area contributed by atoms with Crippen LogP contribution in [0.3, 0.4) is 0 Å². The van der Waals surface area contributed by atoms with E-state index in [0.29, 0.717) is 11.6 Å². The minimum atomic E-state index is 0.346. The molecule has 1 aliphatic heterocycles. The zero-order valence-corrected chi connectivity index (χ0v) is 7.73. The summed E-state index contributed by atoms with van der Waals surface area (Å²) in [5.74, 6) is 1.61. The highest BCUT2D eigenvalue weighted by Gasteiger charge is 2.40. The molecule has 0 aromatic carbocycles. The first-order chi connectivity index (χ1) is 4.45. The first kappa shape index (κ1) is 8.06. The van der Waals surface area contributed by atoms with Crippen LogP contribution in [0.5, 0.6) is 0 Å². The lowest BCUT2D eigenvalue weighted by Gasteiger charge is -2.25. The molecule has 3 unspecified atom stereocenters. The molecular weight excluding hydrogens is 122 g/mol. The van der Waals surface area contributed by atoms with Crippen molar-refractivity contribution in [3.8, 4) is 0 Å². The van der Waals surface area contributed by atoms with Crippen LogP contribution in [0.2, 0.25) is 0 Å². The molecule has 1 N–H and O–H groups in total. The van der Waals surface area contributed by atoms with Crippen LogP contribution in [0.1, 0.15) is 34.6 Å². The van der Waals surface area contributed by atoms with Crippen molar-refractivity contribution in [3.05, 3.63) is 0 Å². The molecule has 0 radical (unpaired) electrons. The van der Waals surface area contributed by atoms with Gasteiger partial charge in [0, 0.05) is 11.6 Å². The zero-order chi connectivity index (χ0) is 7.94. The molecule has 1 fully saturated rings. The molecule has 0 aromatic heterocycles. The standard InChI is InChI=1S/C9H19N/c1-6-7(2)9(4,5)10-8(6)3/h6-8,10H,1-5H3. The van der Waals surface area contributed by atoms with Gasteiger partial charge >= 0.3 is 0 Å². The molecule has 0 bridgehead atoms. The van der Waals surface area contributed by atoms with Gasteiger partial charge in [0.2, 0.25) is 0 Å². The molecule has 0 aliphatic carbocycles. The van der Waals surface area contributed by atoms with E-state index in [0.717, 1.165) is 11.8 Å². The van der Waals surface area contributed by atoms with Crippen LogP contribution >= 0.6 is 0 Å². The second kappa shape index (κ2) is 2.23. The Morgan fingerprint density at radius 2 is 1.60 bits per heavy atom. The Morgan fingerprint density at radius 3 is 1.70 bits per heavy atom. The van der Waals surface area contributed by atoms with Crippen molar-refractivity contribution in [2.75, 3.05) is 0 Å². The molecule has 1 aliphatic rings. The van der Waals surface area contributed by atoms with Crippen molar-refractivity contribution in [1.29, 1.82) is 0 Å². The van der Waals surface area contributed by atoms with E-state index in [1.165, 1.54) is 0 Å². The van der Waals surface area contributed by atoms with E-state index in [-0.39, 0.29) is 0 Å². The Hall–Kier alpha value is -0.0400. The number of nitrogens with one attached hydrogen (secondary N) is 1.